The van der Waals surface area contributed by atoms with Crippen molar-refractivity contribution in [2.75, 3.05) is 18.5 Å². The third-order valence-electron chi connectivity index (χ3n) is 5.73. The normalized spacial score (nSPS) is 21.2. The molecule has 25 heavy (non-hydrogen) atoms. The molecule has 1 saturated heterocycles. The predicted octanol–water partition coefficient (Wildman–Crippen LogP) is 3.59. The van der Waals surface area contributed by atoms with E-state index in [-0.39, 0.29) is 17.7 Å². The summed E-state index contributed by atoms with van der Waals surface area (Å²) in [6.45, 7) is 0.581. The first-order chi connectivity index (χ1) is 12.1. The highest BCUT2D eigenvalue weighted by Gasteiger charge is 2.39. The monoisotopic (exact) mass is 336 g/mol. The Kier molecular flexibility index (Phi) is 4.20. The summed E-state index contributed by atoms with van der Waals surface area (Å²) >= 11 is 0. The number of carbonyl (C=O) groups excluding carboxylic acids is 2. The number of carbonyl (C=O) groups is 2. The average molecular weight is 336 g/mol. The van der Waals surface area contributed by atoms with E-state index in [1.165, 1.54) is 12.8 Å². The summed E-state index contributed by atoms with van der Waals surface area (Å²) in [7, 11) is 1.83. The summed E-state index contributed by atoms with van der Waals surface area (Å²) in [6, 6.07) is 14.5. The zero-order valence-corrected chi connectivity index (χ0v) is 14.6. The van der Waals surface area contributed by atoms with Crippen LogP contribution in [0.3, 0.4) is 0 Å². The van der Waals surface area contributed by atoms with Gasteiger partial charge in [0.1, 0.15) is 0 Å². The second-order valence-corrected chi connectivity index (χ2v) is 7.28. The molecular formula is C21H24N2O2. The van der Waals surface area contributed by atoms with Crippen molar-refractivity contribution in [2.45, 2.75) is 38.1 Å². The Labute approximate surface area is 148 Å². The maximum absolute atomic E-state index is 13.0. The van der Waals surface area contributed by atoms with Crippen LogP contribution in [0.5, 0.6) is 0 Å². The Morgan fingerprint density at radius 2 is 1.80 bits per heavy atom. The first-order valence-electron chi connectivity index (χ1n) is 9.20. The summed E-state index contributed by atoms with van der Waals surface area (Å²) in [6.07, 6.45) is 4.92. The van der Waals surface area contributed by atoms with Crippen LogP contribution in [-0.4, -0.2) is 36.3 Å². The molecule has 2 amide bonds. The van der Waals surface area contributed by atoms with Crippen LogP contribution in [0.15, 0.2) is 42.5 Å². The van der Waals surface area contributed by atoms with Gasteiger partial charge in [-0.1, -0.05) is 49.2 Å². The smallest absolute Gasteiger partial charge is 0.232 e. The van der Waals surface area contributed by atoms with Crippen molar-refractivity contribution >= 4 is 28.3 Å². The van der Waals surface area contributed by atoms with Crippen molar-refractivity contribution in [1.29, 1.82) is 0 Å². The van der Waals surface area contributed by atoms with Crippen molar-refractivity contribution in [3.63, 3.8) is 0 Å². The molecule has 2 aromatic rings. The van der Waals surface area contributed by atoms with Crippen molar-refractivity contribution < 1.29 is 9.59 Å². The lowest BCUT2D eigenvalue weighted by atomic mass is 10.0. The number of amides is 2. The van der Waals surface area contributed by atoms with Gasteiger partial charge in [-0.15, -0.1) is 0 Å². The molecule has 130 valence electrons. The van der Waals surface area contributed by atoms with E-state index < -0.39 is 0 Å². The molecule has 4 rings (SSSR count). The molecule has 1 heterocycles. The van der Waals surface area contributed by atoms with Crippen LogP contribution in [0.4, 0.5) is 5.69 Å². The Morgan fingerprint density at radius 1 is 1.08 bits per heavy atom. The molecule has 0 radical (unpaired) electrons. The third kappa shape index (κ3) is 2.90. The average Bonchev–Trinajstić information content (AvgIpc) is 3.29. The van der Waals surface area contributed by atoms with Crippen LogP contribution in [0.2, 0.25) is 0 Å². The minimum absolute atomic E-state index is 0.0465. The van der Waals surface area contributed by atoms with Gasteiger partial charge in [0.05, 0.1) is 11.6 Å². The van der Waals surface area contributed by atoms with Crippen LogP contribution in [0, 0.1) is 5.92 Å². The molecule has 0 aromatic heterocycles. The Balaban J connectivity index is 1.55. The number of hydrogen-bond acceptors (Lipinski definition) is 2. The molecule has 2 aromatic carbocycles. The number of hydrogen-bond donors (Lipinski definition) is 0. The second-order valence-electron chi connectivity index (χ2n) is 7.28. The van der Waals surface area contributed by atoms with Gasteiger partial charge in [-0.05, 0) is 24.3 Å². The van der Waals surface area contributed by atoms with Gasteiger partial charge in [-0.25, -0.2) is 0 Å². The molecule has 1 aliphatic carbocycles. The van der Waals surface area contributed by atoms with Gasteiger partial charge in [0.15, 0.2) is 0 Å². The van der Waals surface area contributed by atoms with E-state index in [9.17, 15) is 9.59 Å². The molecule has 0 N–H and O–H groups in total. The van der Waals surface area contributed by atoms with Crippen molar-refractivity contribution in [1.82, 2.24) is 4.90 Å². The van der Waals surface area contributed by atoms with E-state index in [1.807, 2.05) is 42.3 Å². The van der Waals surface area contributed by atoms with E-state index in [1.54, 1.807) is 4.90 Å². The van der Waals surface area contributed by atoms with Gasteiger partial charge >= 0.3 is 0 Å². The fraction of sp³-hybridized carbons (Fsp3) is 0.429. The molecule has 4 heteroatoms. The standard InChI is InChI=1S/C21H24N2O2/c1-22(19-12-6-8-15-7-2-5-11-18(15)19)21(25)16-13-20(24)23(14-16)17-9-3-4-10-17/h2,5-8,11-12,16-17H,3-4,9-10,13-14H2,1H3. The summed E-state index contributed by atoms with van der Waals surface area (Å²) in [5, 5.41) is 2.19. The first-order valence-corrected chi connectivity index (χ1v) is 9.20. The maximum Gasteiger partial charge on any atom is 0.232 e. The SMILES string of the molecule is CN(C(=O)C1CC(=O)N(C2CCCC2)C1)c1cccc2ccccc12. The zero-order valence-electron chi connectivity index (χ0n) is 14.6. The van der Waals surface area contributed by atoms with Crippen molar-refractivity contribution in [3.8, 4) is 0 Å². The van der Waals surface area contributed by atoms with Crippen molar-refractivity contribution in [3.05, 3.63) is 42.5 Å². The van der Waals surface area contributed by atoms with Gasteiger partial charge in [0.2, 0.25) is 11.8 Å². The summed E-state index contributed by atoms with van der Waals surface area (Å²) in [4.78, 5) is 29.1. The highest BCUT2D eigenvalue weighted by atomic mass is 16.2. The van der Waals surface area contributed by atoms with Crippen LogP contribution in [-0.2, 0) is 9.59 Å². The quantitative estimate of drug-likeness (QED) is 0.859. The number of rotatable bonds is 3. The Morgan fingerprint density at radius 3 is 2.60 bits per heavy atom. The molecular weight excluding hydrogens is 312 g/mol. The largest absolute Gasteiger partial charge is 0.339 e. The maximum atomic E-state index is 13.0. The lowest BCUT2D eigenvalue weighted by molar-refractivity contribution is -0.130. The number of nitrogens with zero attached hydrogens (tertiary/aromatic N) is 2. The summed E-state index contributed by atoms with van der Waals surface area (Å²) < 4.78 is 0. The molecule has 1 atom stereocenters. The van der Waals surface area contributed by atoms with Crippen LogP contribution >= 0.6 is 0 Å². The second kappa shape index (κ2) is 6.51. The lowest BCUT2D eigenvalue weighted by Crippen LogP contribution is -2.37. The van der Waals surface area contributed by atoms with Crippen molar-refractivity contribution in [2.24, 2.45) is 5.92 Å². The topological polar surface area (TPSA) is 40.6 Å². The van der Waals surface area contributed by atoms with Crippen LogP contribution in [0.1, 0.15) is 32.1 Å². The Hall–Kier alpha value is -2.36. The number of fused-ring (bicyclic) bond motifs is 1. The summed E-state index contributed by atoms with van der Waals surface area (Å²) in [5.41, 5.74) is 0.912. The number of likely N-dealkylation sites (tertiary alicyclic amines) is 1. The van der Waals surface area contributed by atoms with E-state index in [0.29, 0.717) is 19.0 Å². The fourth-order valence-electron chi connectivity index (χ4n) is 4.36. The fourth-order valence-corrected chi connectivity index (χ4v) is 4.36. The van der Waals surface area contributed by atoms with Gasteiger partial charge in [0.25, 0.3) is 0 Å². The zero-order chi connectivity index (χ0) is 17.4. The van der Waals surface area contributed by atoms with Crippen LogP contribution < -0.4 is 4.90 Å². The predicted molar refractivity (Wildman–Crippen MR) is 99.4 cm³/mol. The molecule has 1 saturated carbocycles. The third-order valence-corrected chi connectivity index (χ3v) is 5.73. The highest BCUT2D eigenvalue weighted by Crippen LogP contribution is 2.32. The van der Waals surface area contributed by atoms with Gasteiger partial charge in [-0.2, -0.15) is 0 Å². The van der Waals surface area contributed by atoms with E-state index in [2.05, 4.69) is 12.1 Å². The lowest BCUT2D eigenvalue weighted by Gasteiger charge is -2.25. The van der Waals surface area contributed by atoms with E-state index in [0.717, 1.165) is 29.3 Å². The number of benzene rings is 2. The molecule has 0 spiro atoms. The number of anilines is 1. The molecule has 4 nitrogen and oxygen atoms in total. The van der Waals surface area contributed by atoms with Gasteiger partial charge in [0, 0.05) is 31.4 Å². The Bertz CT molecular complexity index is 805. The summed E-state index contributed by atoms with van der Waals surface area (Å²) in [5.74, 6) is -0.0289. The molecule has 2 fully saturated rings. The van der Waals surface area contributed by atoms with E-state index in [4.69, 9.17) is 0 Å². The molecule has 1 aliphatic heterocycles. The van der Waals surface area contributed by atoms with Crippen LogP contribution in [0.25, 0.3) is 10.8 Å². The minimum Gasteiger partial charge on any atom is -0.339 e. The van der Waals surface area contributed by atoms with E-state index >= 15 is 0 Å². The molecule has 2 aliphatic rings. The molecule has 0 bridgehead atoms. The highest BCUT2D eigenvalue weighted by molar-refractivity contribution is 6.05. The van der Waals surface area contributed by atoms with Gasteiger partial charge in [-0.3, -0.25) is 9.59 Å². The van der Waals surface area contributed by atoms with Gasteiger partial charge < -0.3 is 9.80 Å². The first kappa shape index (κ1) is 16.1. The minimum atomic E-state index is -0.225. The molecule has 1 unspecified atom stereocenters.